The summed E-state index contributed by atoms with van der Waals surface area (Å²) < 4.78 is 0. The topological polar surface area (TPSA) is 60.2 Å². The Morgan fingerprint density at radius 3 is 2.03 bits per heavy atom. The number of benzene rings is 3. The maximum absolute atomic E-state index is 13.2. The molecule has 0 amide bonds. The molecule has 0 N–H and O–H groups in total. The number of nitro groups is 1. The molecule has 0 aliphatic heterocycles. The summed E-state index contributed by atoms with van der Waals surface area (Å²) >= 11 is 1.12. The van der Waals surface area contributed by atoms with Crippen LogP contribution in [0.2, 0.25) is 0 Å². The fourth-order valence-corrected chi connectivity index (χ4v) is 4.02. The van der Waals surface area contributed by atoms with Gasteiger partial charge in [-0.2, -0.15) is 0 Å². The molecular formula is C24H21NO3S. The second kappa shape index (κ2) is 10.4. The van der Waals surface area contributed by atoms with Crippen molar-refractivity contribution in [3.63, 3.8) is 0 Å². The maximum atomic E-state index is 13.2. The first kappa shape index (κ1) is 20.6. The minimum Gasteiger partial charge on any atom is -0.286 e. The molecule has 0 saturated carbocycles. The van der Waals surface area contributed by atoms with Crippen LogP contribution in [0.25, 0.3) is 6.08 Å². The fourth-order valence-electron chi connectivity index (χ4n) is 3.12. The van der Waals surface area contributed by atoms with Crippen LogP contribution in [0.15, 0.2) is 102 Å². The highest BCUT2D eigenvalue weighted by Gasteiger charge is 2.32. The molecule has 0 spiro atoms. The second-order valence-corrected chi connectivity index (χ2v) is 7.64. The molecule has 3 rings (SSSR count). The van der Waals surface area contributed by atoms with E-state index in [-0.39, 0.29) is 16.6 Å². The van der Waals surface area contributed by atoms with Crippen LogP contribution in [0.1, 0.15) is 17.0 Å². The smallest absolute Gasteiger partial charge is 0.211 e. The van der Waals surface area contributed by atoms with E-state index in [4.69, 9.17) is 0 Å². The molecule has 0 radical (unpaired) electrons. The van der Waals surface area contributed by atoms with Crippen LogP contribution in [-0.2, 0) is 4.79 Å². The third kappa shape index (κ3) is 6.16. The molecule has 4 nitrogen and oxygen atoms in total. The predicted molar refractivity (Wildman–Crippen MR) is 117 cm³/mol. The highest BCUT2D eigenvalue weighted by Crippen LogP contribution is 2.33. The molecule has 2 atom stereocenters. The van der Waals surface area contributed by atoms with Crippen LogP contribution in [0.4, 0.5) is 0 Å². The van der Waals surface area contributed by atoms with E-state index in [0.717, 1.165) is 27.8 Å². The number of hydrogen-bond acceptors (Lipinski definition) is 4. The number of nitrogens with zero attached hydrogens (tertiary/aromatic N) is 1. The van der Waals surface area contributed by atoms with Crippen LogP contribution in [0, 0.1) is 16.0 Å². The van der Waals surface area contributed by atoms with Crippen molar-refractivity contribution < 1.29 is 9.72 Å². The zero-order valence-corrected chi connectivity index (χ0v) is 16.6. The monoisotopic (exact) mass is 403 g/mol. The molecule has 3 aromatic rings. The quantitative estimate of drug-likeness (QED) is 0.275. The SMILES string of the molecule is O=C(Sc1ccccc1)[C@@H](/C=C/c1ccccc1)[C@H](C[N+](=O)[O-])c1ccccc1. The lowest BCUT2D eigenvalue weighted by Gasteiger charge is -2.21. The average molecular weight is 404 g/mol. The van der Waals surface area contributed by atoms with Crippen molar-refractivity contribution in [2.24, 2.45) is 5.92 Å². The standard InChI is InChI=1S/C24H21NO3S/c26-24(29-21-14-8-3-9-15-21)22(17-16-19-10-4-1-5-11-19)23(18-25(27)28)20-12-6-2-7-13-20/h1-17,22-23H,18H2/b17-16+/t22-,23+/m0/s1. The molecule has 146 valence electrons. The highest BCUT2D eigenvalue weighted by atomic mass is 32.2. The zero-order valence-electron chi connectivity index (χ0n) is 15.8. The van der Waals surface area contributed by atoms with Gasteiger partial charge in [0, 0.05) is 9.82 Å². The van der Waals surface area contributed by atoms with Crippen molar-refractivity contribution in [1.82, 2.24) is 0 Å². The van der Waals surface area contributed by atoms with Gasteiger partial charge in [-0.15, -0.1) is 0 Å². The third-order valence-corrected chi connectivity index (χ3v) is 5.52. The summed E-state index contributed by atoms with van der Waals surface area (Å²) in [4.78, 5) is 25.1. The van der Waals surface area contributed by atoms with Crippen molar-refractivity contribution >= 4 is 23.0 Å². The van der Waals surface area contributed by atoms with Gasteiger partial charge in [0.25, 0.3) is 0 Å². The molecule has 3 aromatic carbocycles. The molecule has 0 heterocycles. The minimum absolute atomic E-state index is 0.112. The van der Waals surface area contributed by atoms with E-state index in [1.807, 2.05) is 97.1 Å². The third-order valence-electron chi connectivity index (χ3n) is 4.54. The van der Waals surface area contributed by atoms with Gasteiger partial charge in [-0.1, -0.05) is 103 Å². The van der Waals surface area contributed by atoms with Crippen molar-refractivity contribution in [3.8, 4) is 0 Å². The van der Waals surface area contributed by atoms with E-state index in [0.29, 0.717) is 0 Å². The van der Waals surface area contributed by atoms with Gasteiger partial charge in [0.05, 0.1) is 11.8 Å². The minimum atomic E-state index is -0.631. The Hall–Kier alpha value is -3.18. The molecule has 0 saturated heterocycles. The van der Waals surface area contributed by atoms with Crippen LogP contribution < -0.4 is 0 Å². The summed E-state index contributed by atoms with van der Waals surface area (Å²) in [5, 5.41) is 11.3. The van der Waals surface area contributed by atoms with Gasteiger partial charge in [-0.3, -0.25) is 14.9 Å². The molecule has 0 aliphatic carbocycles. The zero-order chi connectivity index (χ0) is 20.5. The van der Waals surface area contributed by atoms with Crippen molar-refractivity contribution in [1.29, 1.82) is 0 Å². The Bertz CT molecular complexity index is 959. The summed E-state index contributed by atoms with van der Waals surface area (Å²) in [6, 6.07) is 28.2. The number of thioether (sulfide) groups is 1. The van der Waals surface area contributed by atoms with E-state index >= 15 is 0 Å². The summed E-state index contributed by atoms with van der Waals surface area (Å²) in [5.41, 5.74) is 1.73. The first-order chi connectivity index (χ1) is 14.1. The highest BCUT2D eigenvalue weighted by molar-refractivity contribution is 8.13. The Morgan fingerprint density at radius 1 is 0.897 bits per heavy atom. The van der Waals surface area contributed by atoms with E-state index in [2.05, 4.69) is 0 Å². The van der Waals surface area contributed by atoms with E-state index < -0.39 is 11.8 Å². The summed E-state index contributed by atoms with van der Waals surface area (Å²) in [5.74, 6) is -1.18. The predicted octanol–water partition coefficient (Wildman–Crippen LogP) is 5.70. The average Bonchev–Trinajstić information content (AvgIpc) is 2.75. The molecule has 0 aromatic heterocycles. The Balaban J connectivity index is 1.95. The van der Waals surface area contributed by atoms with Crippen molar-refractivity contribution in [3.05, 3.63) is 118 Å². The molecule has 29 heavy (non-hydrogen) atoms. The first-order valence-electron chi connectivity index (χ1n) is 9.30. The van der Waals surface area contributed by atoms with E-state index in [1.165, 1.54) is 0 Å². The Labute approximate surface area is 174 Å². The number of allylic oxidation sites excluding steroid dienone is 1. The van der Waals surface area contributed by atoms with Crippen LogP contribution >= 0.6 is 11.8 Å². The maximum Gasteiger partial charge on any atom is 0.211 e. The number of carbonyl (C=O) groups excluding carboxylic acids is 1. The molecule has 0 fully saturated rings. The lowest BCUT2D eigenvalue weighted by Crippen LogP contribution is -2.25. The molecular weight excluding hydrogens is 382 g/mol. The van der Waals surface area contributed by atoms with Crippen LogP contribution in [-0.4, -0.2) is 16.6 Å². The number of rotatable bonds is 8. The van der Waals surface area contributed by atoms with Gasteiger partial charge >= 0.3 is 0 Å². The summed E-state index contributed by atoms with van der Waals surface area (Å²) in [6.07, 6.45) is 3.67. The van der Waals surface area contributed by atoms with Gasteiger partial charge in [0.1, 0.15) is 0 Å². The lowest BCUT2D eigenvalue weighted by molar-refractivity contribution is -0.484. The van der Waals surface area contributed by atoms with Crippen LogP contribution in [0.5, 0.6) is 0 Å². The summed E-state index contributed by atoms with van der Waals surface area (Å²) in [7, 11) is 0. The van der Waals surface area contributed by atoms with E-state index in [9.17, 15) is 14.9 Å². The fraction of sp³-hybridized carbons (Fsp3) is 0.125. The van der Waals surface area contributed by atoms with Crippen molar-refractivity contribution in [2.45, 2.75) is 10.8 Å². The lowest BCUT2D eigenvalue weighted by atomic mass is 9.86. The van der Waals surface area contributed by atoms with E-state index in [1.54, 1.807) is 6.08 Å². The van der Waals surface area contributed by atoms with Gasteiger partial charge in [0.2, 0.25) is 11.7 Å². The molecule has 0 aliphatic rings. The van der Waals surface area contributed by atoms with Gasteiger partial charge < -0.3 is 0 Å². The molecule has 0 unspecified atom stereocenters. The van der Waals surface area contributed by atoms with Gasteiger partial charge in [-0.05, 0) is 23.3 Å². The summed E-state index contributed by atoms with van der Waals surface area (Å²) in [6.45, 7) is -0.311. The molecule has 0 bridgehead atoms. The first-order valence-corrected chi connectivity index (χ1v) is 10.1. The Kier molecular flexibility index (Phi) is 7.36. The Morgan fingerprint density at radius 2 is 1.45 bits per heavy atom. The van der Waals surface area contributed by atoms with Crippen molar-refractivity contribution in [2.75, 3.05) is 6.54 Å². The normalized spacial score (nSPS) is 13.1. The van der Waals surface area contributed by atoms with Crippen LogP contribution in [0.3, 0.4) is 0 Å². The molecule has 5 heteroatoms. The largest absolute Gasteiger partial charge is 0.286 e. The second-order valence-electron chi connectivity index (χ2n) is 6.56. The van der Waals surface area contributed by atoms with Gasteiger partial charge in [0.15, 0.2) is 0 Å². The number of carbonyl (C=O) groups is 1. The number of hydrogen-bond donors (Lipinski definition) is 0. The van der Waals surface area contributed by atoms with Gasteiger partial charge in [-0.25, -0.2) is 0 Å².